The van der Waals surface area contributed by atoms with Gasteiger partial charge in [0, 0.05) is 44.2 Å². The number of likely N-dealkylation sites (N-methyl/N-ethyl adjacent to an activating group) is 1. The molecule has 0 spiro atoms. The van der Waals surface area contributed by atoms with Crippen LogP contribution >= 0.6 is 15.9 Å². The minimum atomic E-state index is -0.498. The standard InChI is InChI=1S/C36H55BrFN7O2/c1-9-13-15-18-36(6,17-14-10-2)23-47-35-42-32-28(26(12-4)31(29(37)30(32)38)41-24(5)11-3)33(43-35)45-20-16-19-40-25(22-45)21-27(39)34(46)44(7)8/h12,21,24H,9-11,13-20,22-23,39H2,1-8H3/b26-12-,27-21-,41-31?. The largest absolute Gasteiger partial charge is 0.463 e. The SMILES string of the molecule is C/C=C1\C(=NC(C)CC)C(Br)=C(F)c2nc(OCC(C)(CCCC)CCCCC)nc(N3CCCN=C(/C=C(\N)C(=O)N(C)C)C3)c21. The molecule has 11 heteroatoms. The Labute approximate surface area is 289 Å². The van der Waals surface area contributed by atoms with Gasteiger partial charge in [-0.15, -0.1) is 0 Å². The zero-order valence-electron chi connectivity index (χ0n) is 29.8. The normalized spacial score (nSPS) is 19.3. The van der Waals surface area contributed by atoms with E-state index in [2.05, 4.69) is 48.5 Å². The van der Waals surface area contributed by atoms with Crippen molar-refractivity contribution in [3.05, 3.63) is 33.6 Å². The number of nitrogens with zero attached hydrogens (tertiary/aromatic N) is 6. The maximum absolute atomic E-state index is 16.4. The molecule has 0 saturated carbocycles. The van der Waals surface area contributed by atoms with Crippen LogP contribution in [0.5, 0.6) is 6.01 Å². The molecular weight excluding hydrogens is 661 g/mol. The molecule has 0 aromatic carbocycles. The van der Waals surface area contributed by atoms with Gasteiger partial charge in [0.05, 0.1) is 40.3 Å². The topological polar surface area (TPSA) is 109 Å². The molecule has 3 rings (SSSR count). The molecule has 2 aliphatic rings. The smallest absolute Gasteiger partial charge is 0.319 e. The van der Waals surface area contributed by atoms with Gasteiger partial charge in [-0.1, -0.05) is 65.9 Å². The molecule has 0 bridgehead atoms. The Bertz CT molecular complexity index is 1420. The van der Waals surface area contributed by atoms with E-state index in [1.54, 1.807) is 20.2 Å². The van der Waals surface area contributed by atoms with Gasteiger partial charge in [0.2, 0.25) is 0 Å². The van der Waals surface area contributed by atoms with Crippen molar-refractivity contribution in [1.29, 1.82) is 0 Å². The number of hydrogen-bond donors (Lipinski definition) is 1. The van der Waals surface area contributed by atoms with Gasteiger partial charge in [0.15, 0.2) is 5.83 Å². The lowest BCUT2D eigenvalue weighted by atomic mass is 9.81. The molecule has 1 aromatic heterocycles. The number of nitrogens with two attached hydrogens (primary N) is 1. The van der Waals surface area contributed by atoms with Crippen LogP contribution in [-0.4, -0.2) is 78.6 Å². The Morgan fingerprint density at radius 1 is 1.19 bits per heavy atom. The van der Waals surface area contributed by atoms with E-state index in [9.17, 15) is 4.79 Å². The fourth-order valence-corrected chi connectivity index (χ4v) is 6.29. The molecule has 2 N–H and O–H groups in total. The number of anilines is 1. The van der Waals surface area contributed by atoms with Gasteiger partial charge in [0.25, 0.3) is 5.91 Å². The second-order valence-electron chi connectivity index (χ2n) is 13.2. The first-order valence-corrected chi connectivity index (χ1v) is 18.0. The second kappa shape index (κ2) is 17.9. The number of rotatable bonds is 15. The van der Waals surface area contributed by atoms with E-state index in [4.69, 9.17) is 30.4 Å². The van der Waals surface area contributed by atoms with Crippen molar-refractivity contribution in [2.75, 3.05) is 45.2 Å². The van der Waals surface area contributed by atoms with Crippen LogP contribution in [0.2, 0.25) is 0 Å². The van der Waals surface area contributed by atoms with Gasteiger partial charge in [-0.3, -0.25) is 14.8 Å². The molecule has 260 valence electrons. The summed E-state index contributed by atoms with van der Waals surface area (Å²) < 4.78 is 23.1. The molecular formula is C36H55BrFN7O2. The van der Waals surface area contributed by atoms with Crippen molar-refractivity contribution in [2.45, 2.75) is 105 Å². The zero-order valence-corrected chi connectivity index (χ0v) is 31.3. The van der Waals surface area contributed by atoms with Crippen molar-refractivity contribution in [3.63, 3.8) is 0 Å². The monoisotopic (exact) mass is 715 g/mol. The molecule has 1 amide bonds. The lowest BCUT2D eigenvalue weighted by molar-refractivity contribution is -0.124. The Morgan fingerprint density at radius 3 is 2.53 bits per heavy atom. The number of halogens is 2. The maximum atomic E-state index is 16.4. The van der Waals surface area contributed by atoms with Crippen LogP contribution in [-0.2, 0) is 4.79 Å². The summed E-state index contributed by atoms with van der Waals surface area (Å²) in [7, 11) is 3.32. The highest BCUT2D eigenvalue weighted by Gasteiger charge is 2.35. The first kappa shape index (κ1) is 38.4. The molecule has 0 fully saturated rings. The van der Waals surface area contributed by atoms with E-state index < -0.39 is 5.83 Å². The number of hydrogen-bond acceptors (Lipinski definition) is 8. The summed E-state index contributed by atoms with van der Waals surface area (Å²) in [6.45, 7) is 14.6. The molecule has 2 atom stereocenters. The molecule has 47 heavy (non-hydrogen) atoms. The molecule has 2 unspecified atom stereocenters. The second-order valence-corrected chi connectivity index (χ2v) is 14.0. The molecule has 1 aromatic rings. The van der Waals surface area contributed by atoms with Crippen LogP contribution in [0.4, 0.5) is 10.2 Å². The van der Waals surface area contributed by atoms with Crippen molar-refractivity contribution in [3.8, 4) is 6.01 Å². The number of aromatic nitrogens is 2. The Balaban J connectivity index is 2.17. The van der Waals surface area contributed by atoms with Crippen LogP contribution in [0, 0.1) is 5.41 Å². The summed E-state index contributed by atoms with van der Waals surface area (Å²) in [5, 5.41) is 0. The fraction of sp³-hybridized carbons (Fsp3) is 0.639. The first-order chi connectivity index (χ1) is 22.4. The number of ether oxygens (including phenoxy) is 1. The van der Waals surface area contributed by atoms with E-state index in [-0.39, 0.29) is 39.2 Å². The molecule has 0 radical (unpaired) electrons. The van der Waals surface area contributed by atoms with Crippen LogP contribution in [0.1, 0.15) is 111 Å². The molecule has 0 saturated heterocycles. The summed E-state index contributed by atoms with van der Waals surface area (Å²) in [6, 6.07) is 0.132. The quantitative estimate of drug-likeness (QED) is 0.146. The minimum absolute atomic E-state index is 0.0124. The fourth-order valence-electron chi connectivity index (χ4n) is 5.79. The lowest BCUT2D eigenvalue weighted by Gasteiger charge is -2.31. The number of unbranched alkanes of at least 4 members (excludes halogenated alkanes) is 3. The average Bonchev–Trinajstić information content (AvgIpc) is 3.30. The van der Waals surface area contributed by atoms with E-state index in [0.717, 1.165) is 56.9 Å². The summed E-state index contributed by atoms with van der Waals surface area (Å²) in [6.07, 6.45) is 12.9. The number of fused-ring (bicyclic) bond motifs is 1. The molecule has 2 heterocycles. The van der Waals surface area contributed by atoms with Gasteiger partial charge in [-0.2, -0.15) is 9.97 Å². The number of allylic oxidation sites excluding steroid dienone is 3. The van der Waals surface area contributed by atoms with Crippen LogP contribution < -0.4 is 15.4 Å². The number of amides is 1. The predicted octanol–water partition coefficient (Wildman–Crippen LogP) is 7.90. The van der Waals surface area contributed by atoms with Gasteiger partial charge >= 0.3 is 6.01 Å². The molecule has 1 aliphatic heterocycles. The third kappa shape index (κ3) is 9.97. The van der Waals surface area contributed by atoms with Crippen LogP contribution in [0.3, 0.4) is 0 Å². The van der Waals surface area contributed by atoms with Crippen molar-refractivity contribution >= 4 is 50.5 Å². The maximum Gasteiger partial charge on any atom is 0.319 e. The number of aliphatic imine (C=N–C) groups is 2. The average molecular weight is 717 g/mol. The minimum Gasteiger partial charge on any atom is -0.463 e. The summed E-state index contributed by atoms with van der Waals surface area (Å²) in [5.41, 5.74) is 8.92. The molecule has 1 aliphatic carbocycles. The Kier molecular flexibility index (Phi) is 14.6. The third-order valence-electron chi connectivity index (χ3n) is 8.83. The summed E-state index contributed by atoms with van der Waals surface area (Å²) in [5.74, 6) is -0.239. The first-order valence-electron chi connectivity index (χ1n) is 17.2. The highest BCUT2D eigenvalue weighted by atomic mass is 79.9. The molecule has 9 nitrogen and oxygen atoms in total. The Hall–Kier alpha value is -3.08. The third-order valence-corrected chi connectivity index (χ3v) is 9.55. The zero-order chi connectivity index (χ0) is 34.7. The van der Waals surface area contributed by atoms with E-state index >= 15 is 4.39 Å². The highest BCUT2D eigenvalue weighted by Crippen LogP contribution is 2.44. The highest BCUT2D eigenvalue weighted by molar-refractivity contribution is 9.12. The van der Waals surface area contributed by atoms with Crippen molar-refractivity contribution in [1.82, 2.24) is 14.9 Å². The van der Waals surface area contributed by atoms with Crippen molar-refractivity contribution < 1.29 is 13.9 Å². The van der Waals surface area contributed by atoms with Gasteiger partial charge in [-0.05, 0) is 61.5 Å². The summed E-state index contributed by atoms with van der Waals surface area (Å²) >= 11 is 3.52. The van der Waals surface area contributed by atoms with Crippen LogP contribution in [0.25, 0.3) is 11.4 Å². The van der Waals surface area contributed by atoms with Gasteiger partial charge in [0.1, 0.15) is 11.5 Å². The van der Waals surface area contributed by atoms with E-state index in [1.807, 2.05) is 19.9 Å². The van der Waals surface area contributed by atoms with Crippen LogP contribution in [0.15, 0.2) is 32.3 Å². The lowest BCUT2D eigenvalue weighted by Crippen LogP contribution is -2.33. The van der Waals surface area contributed by atoms with Gasteiger partial charge in [-0.25, -0.2) is 4.39 Å². The number of carbonyl (C=O) groups is 1. The Morgan fingerprint density at radius 2 is 1.89 bits per heavy atom. The van der Waals surface area contributed by atoms with E-state index in [1.165, 1.54) is 11.3 Å². The van der Waals surface area contributed by atoms with Crippen molar-refractivity contribution in [2.24, 2.45) is 21.1 Å². The van der Waals surface area contributed by atoms with Gasteiger partial charge < -0.3 is 20.3 Å². The number of carbonyl (C=O) groups excluding carboxylic acids is 1. The van der Waals surface area contributed by atoms with E-state index in [0.29, 0.717) is 49.0 Å². The summed E-state index contributed by atoms with van der Waals surface area (Å²) in [4.78, 5) is 35.4. The predicted molar refractivity (Wildman–Crippen MR) is 197 cm³/mol.